The van der Waals surface area contributed by atoms with E-state index in [1.165, 1.54) is 29.5 Å². The SMILES string of the molecule is CCNCCc1cc(OCCOC)c(Oc2ccc(-c3ccc(C(=O)O)cc3)c(F)c2)cc1CC(=O)Nc1nccs1. The van der Waals surface area contributed by atoms with Gasteiger partial charge < -0.3 is 30.0 Å². The number of anilines is 1. The van der Waals surface area contributed by atoms with Gasteiger partial charge in [-0.15, -0.1) is 11.3 Å². The van der Waals surface area contributed by atoms with Gasteiger partial charge in [-0.25, -0.2) is 14.2 Å². The number of carbonyl (C=O) groups excluding carboxylic acids is 1. The smallest absolute Gasteiger partial charge is 0.335 e. The van der Waals surface area contributed by atoms with Gasteiger partial charge in [0.25, 0.3) is 0 Å². The summed E-state index contributed by atoms with van der Waals surface area (Å²) >= 11 is 1.33. The summed E-state index contributed by atoms with van der Waals surface area (Å²) in [5.74, 6) is -0.819. The first-order chi connectivity index (χ1) is 20.4. The summed E-state index contributed by atoms with van der Waals surface area (Å²) in [7, 11) is 1.58. The van der Waals surface area contributed by atoms with E-state index in [2.05, 4.69) is 15.6 Å². The first kappa shape index (κ1) is 30.6. The highest BCUT2D eigenvalue weighted by Gasteiger charge is 2.18. The Labute approximate surface area is 247 Å². The molecule has 0 saturated carbocycles. The van der Waals surface area contributed by atoms with E-state index in [0.717, 1.165) is 17.7 Å². The van der Waals surface area contributed by atoms with Crippen molar-refractivity contribution >= 4 is 28.3 Å². The van der Waals surface area contributed by atoms with Crippen molar-refractivity contribution < 1.29 is 33.3 Å². The van der Waals surface area contributed by atoms with Crippen LogP contribution in [0.15, 0.2) is 66.2 Å². The van der Waals surface area contributed by atoms with Gasteiger partial charge in [0.1, 0.15) is 18.2 Å². The molecule has 0 atom stereocenters. The average molecular weight is 594 g/mol. The molecule has 0 saturated heterocycles. The fraction of sp³-hybridized carbons (Fsp3) is 0.258. The van der Waals surface area contributed by atoms with E-state index in [-0.39, 0.29) is 30.2 Å². The first-order valence-corrected chi connectivity index (χ1v) is 14.2. The van der Waals surface area contributed by atoms with Gasteiger partial charge in [0.15, 0.2) is 16.6 Å². The van der Waals surface area contributed by atoms with Crippen molar-refractivity contribution in [3.05, 3.63) is 88.7 Å². The summed E-state index contributed by atoms with van der Waals surface area (Å²) in [6.07, 6.45) is 2.35. The Kier molecular flexibility index (Phi) is 11.0. The average Bonchev–Trinajstić information content (AvgIpc) is 3.48. The molecule has 42 heavy (non-hydrogen) atoms. The van der Waals surface area contributed by atoms with Gasteiger partial charge in [0, 0.05) is 30.3 Å². The van der Waals surface area contributed by atoms with E-state index >= 15 is 4.39 Å². The van der Waals surface area contributed by atoms with Crippen molar-refractivity contribution in [2.45, 2.75) is 19.8 Å². The number of amides is 1. The minimum Gasteiger partial charge on any atom is -0.487 e. The molecule has 0 fully saturated rings. The van der Waals surface area contributed by atoms with Crippen LogP contribution < -0.4 is 20.1 Å². The lowest BCUT2D eigenvalue weighted by Gasteiger charge is -2.18. The summed E-state index contributed by atoms with van der Waals surface area (Å²) in [5.41, 5.74) is 2.61. The van der Waals surface area contributed by atoms with Gasteiger partial charge in [-0.2, -0.15) is 0 Å². The first-order valence-electron chi connectivity index (χ1n) is 13.4. The minimum atomic E-state index is -1.05. The van der Waals surface area contributed by atoms with E-state index in [4.69, 9.17) is 19.3 Å². The van der Waals surface area contributed by atoms with Gasteiger partial charge in [-0.05, 0) is 72.6 Å². The maximum atomic E-state index is 15.2. The third kappa shape index (κ3) is 8.35. The van der Waals surface area contributed by atoms with E-state index < -0.39 is 11.8 Å². The molecule has 1 heterocycles. The maximum absolute atomic E-state index is 15.2. The van der Waals surface area contributed by atoms with Gasteiger partial charge in [0.2, 0.25) is 5.91 Å². The topological polar surface area (TPSA) is 119 Å². The van der Waals surface area contributed by atoms with E-state index in [1.807, 2.05) is 13.0 Å². The van der Waals surface area contributed by atoms with Crippen molar-refractivity contribution in [1.29, 1.82) is 0 Å². The number of thiazole rings is 1. The van der Waals surface area contributed by atoms with Crippen LogP contribution >= 0.6 is 11.3 Å². The third-order valence-electron chi connectivity index (χ3n) is 6.27. The summed E-state index contributed by atoms with van der Waals surface area (Å²) < 4.78 is 32.4. The lowest BCUT2D eigenvalue weighted by molar-refractivity contribution is -0.115. The summed E-state index contributed by atoms with van der Waals surface area (Å²) in [6.45, 7) is 4.16. The number of carbonyl (C=O) groups is 2. The highest BCUT2D eigenvalue weighted by Crippen LogP contribution is 2.37. The molecule has 9 nitrogen and oxygen atoms in total. The monoisotopic (exact) mass is 593 g/mol. The second-order valence-electron chi connectivity index (χ2n) is 9.20. The molecule has 0 bridgehead atoms. The maximum Gasteiger partial charge on any atom is 0.335 e. The standard InChI is InChI=1S/C31H32FN3O6S/c1-3-33-11-10-22-16-27(40-14-13-39-2)28(17-23(22)18-29(36)35-31-34-12-15-42-31)41-24-8-9-25(26(32)19-24)20-4-6-21(7-5-20)30(37)38/h4-9,12,15-17,19,33H,3,10-11,13-14,18H2,1-2H3,(H,37,38)(H,34,35,36). The van der Waals surface area contributed by atoms with E-state index in [1.54, 1.807) is 49.0 Å². The minimum absolute atomic E-state index is 0.0788. The number of carboxylic acids is 1. The van der Waals surface area contributed by atoms with Gasteiger partial charge >= 0.3 is 5.97 Å². The Bertz CT molecular complexity index is 1500. The molecule has 0 aliphatic heterocycles. The molecule has 1 aromatic heterocycles. The molecule has 3 N–H and O–H groups in total. The number of likely N-dealkylation sites (N-methyl/N-ethyl adjacent to an activating group) is 1. The van der Waals surface area contributed by atoms with Crippen LogP contribution in [0.25, 0.3) is 11.1 Å². The zero-order valence-electron chi connectivity index (χ0n) is 23.3. The van der Waals surface area contributed by atoms with Crippen LogP contribution in [0.1, 0.15) is 28.4 Å². The van der Waals surface area contributed by atoms with Gasteiger partial charge in [-0.3, -0.25) is 4.79 Å². The zero-order valence-corrected chi connectivity index (χ0v) is 24.1. The number of methoxy groups -OCH3 is 1. The Hall–Kier alpha value is -4.32. The summed E-state index contributed by atoms with van der Waals surface area (Å²) in [6, 6.07) is 14.0. The molecular weight excluding hydrogens is 561 g/mol. The third-order valence-corrected chi connectivity index (χ3v) is 6.96. The molecule has 11 heteroatoms. The number of nitrogens with one attached hydrogen (secondary N) is 2. The molecule has 4 aromatic rings. The number of halogens is 1. The number of nitrogens with zero attached hydrogens (tertiary/aromatic N) is 1. The van der Waals surface area contributed by atoms with Crippen LogP contribution in [-0.2, 0) is 22.4 Å². The molecule has 0 unspecified atom stereocenters. The molecule has 220 valence electrons. The van der Waals surface area contributed by atoms with Crippen molar-refractivity contribution in [2.24, 2.45) is 0 Å². The van der Waals surface area contributed by atoms with Crippen LogP contribution in [0.5, 0.6) is 17.2 Å². The number of carboxylic acid groups (broad SMARTS) is 1. The normalized spacial score (nSPS) is 10.8. The van der Waals surface area contributed by atoms with Crippen LogP contribution in [-0.4, -0.2) is 55.4 Å². The predicted molar refractivity (Wildman–Crippen MR) is 159 cm³/mol. The van der Waals surface area contributed by atoms with E-state index in [0.29, 0.717) is 47.3 Å². The molecule has 0 aliphatic carbocycles. The van der Waals surface area contributed by atoms with Crippen molar-refractivity contribution in [3.63, 3.8) is 0 Å². The zero-order chi connectivity index (χ0) is 29.9. The lowest BCUT2D eigenvalue weighted by atomic mass is 10.00. The molecule has 3 aromatic carbocycles. The second-order valence-corrected chi connectivity index (χ2v) is 10.1. The van der Waals surface area contributed by atoms with Crippen LogP contribution in [0.4, 0.5) is 9.52 Å². The van der Waals surface area contributed by atoms with Crippen molar-refractivity contribution in [3.8, 4) is 28.4 Å². The Morgan fingerprint density at radius 2 is 1.81 bits per heavy atom. The highest BCUT2D eigenvalue weighted by atomic mass is 32.1. The summed E-state index contributed by atoms with van der Waals surface area (Å²) in [5, 5.41) is 17.5. The Balaban J connectivity index is 1.63. The van der Waals surface area contributed by atoms with Crippen molar-refractivity contribution in [2.75, 3.05) is 38.7 Å². The largest absolute Gasteiger partial charge is 0.487 e. The Morgan fingerprint density at radius 1 is 1.02 bits per heavy atom. The van der Waals surface area contributed by atoms with Crippen LogP contribution in [0.3, 0.4) is 0 Å². The fourth-order valence-electron chi connectivity index (χ4n) is 4.20. The molecule has 1 amide bonds. The molecule has 0 aliphatic rings. The number of hydrogen-bond donors (Lipinski definition) is 3. The lowest BCUT2D eigenvalue weighted by Crippen LogP contribution is -2.19. The molecular formula is C31H32FN3O6S. The Morgan fingerprint density at radius 3 is 2.48 bits per heavy atom. The van der Waals surface area contributed by atoms with Crippen molar-refractivity contribution in [1.82, 2.24) is 10.3 Å². The number of aromatic carboxylic acids is 1. The van der Waals surface area contributed by atoms with E-state index in [9.17, 15) is 9.59 Å². The number of aromatic nitrogens is 1. The molecule has 4 rings (SSSR count). The number of benzene rings is 3. The summed E-state index contributed by atoms with van der Waals surface area (Å²) in [4.78, 5) is 28.1. The quantitative estimate of drug-likeness (QED) is 0.148. The number of rotatable bonds is 15. The molecule has 0 spiro atoms. The fourth-order valence-corrected chi connectivity index (χ4v) is 4.75. The number of hydrogen-bond acceptors (Lipinski definition) is 8. The van der Waals surface area contributed by atoms with Gasteiger partial charge in [-0.1, -0.05) is 19.1 Å². The number of ether oxygens (including phenoxy) is 3. The molecule has 0 radical (unpaired) electrons. The second kappa shape index (κ2) is 15.1. The highest BCUT2D eigenvalue weighted by molar-refractivity contribution is 7.13. The predicted octanol–water partition coefficient (Wildman–Crippen LogP) is 5.80. The van der Waals surface area contributed by atoms with Crippen LogP contribution in [0, 0.1) is 5.82 Å². The van der Waals surface area contributed by atoms with Gasteiger partial charge in [0.05, 0.1) is 18.6 Å². The van der Waals surface area contributed by atoms with Crippen LogP contribution in [0.2, 0.25) is 0 Å².